The molecule has 5 nitrogen and oxygen atoms in total. The summed E-state index contributed by atoms with van der Waals surface area (Å²) in [5, 5.41) is 6.24. The van der Waals surface area contributed by atoms with Gasteiger partial charge in [0.1, 0.15) is 5.60 Å². The molecule has 0 spiro atoms. The third-order valence-corrected chi connectivity index (χ3v) is 4.46. The number of piperidine rings is 1. The summed E-state index contributed by atoms with van der Waals surface area (Å²) in [5.41, 5.74) is 0.508. The lowest BCUT2D eigenvalue weighted by Gasteiger charge is -2.34. The zero-order valence-corrected chi connectivity index (χ0v) is 14.1. The number of carbonyl (C=O) groups excluding carboxylic acids is 1. The molecule has 5 heteroatoms. The van der Waals surface area contributed by atoms with Crippen LogP contribution in [0.15, 0.2) is 30.3 Å². The molecule has 0 saturated carbocycles. The van der Waals surface area contributed by atoms with E-state index in [1.807, 2.05) is 25.1 Å². The minimum absolute atomic E-state index is 0.00221. The molecule has 1 atom stereocenters. The smallest absolute Gasteiger partial charge is 0.252 e. The van der Waals surface area contributed by atoms with Crippen LogP contribution in [0.2, 0.25) is 0 Å². The summed E-state index contributed by atoms with van der Waals surface area (Å²) < 4.78 is 11.3. The topological polar surface area (TPSA) is 59.6 Å². The number of nitrogens with one attached hydrogen (secondary N) is 2. The van der Waals surface area contributed by atoms with Crippen LogP contribution in [-0.4, -0.2) is 44.9 Å². The third kappa shape index (κ3) is 5.03. The van der Waals surface area contributed by atoms with E-state index in [0.29, 0.717) is 13.2 Å². The van der Waals surface area contributed by atoms with Gasteiger partial charge >= 0.3 is 0 Å². The van der Waals surface area contributed by atoms with Crippen molar-refractivity contribution in [3.8, 4) is 0 Å². The minimum Gasteiger partial charge on any atom is -0.374 e. The second-order valence-electron chi connectivity index (χ2n) is 5.98. The second-order valence-corrected chi connectivity index (χ2v) is 5.98. The quantitative estimate of drug-likeness (QED) is 0.720. The van der Waals surface area contributed by atoms with Crippen molar-refractivity contribution in [1.29, 1.82) is 0 Å². The van der Waals surface area contributed by atoms with Crippen molar-refractivity contribution >= 4 is 5.91 Å². The van der Waals surface area contributed by atoms with Gasteiger partial charge in [-0.2, -0.15) is 0 Å². The molecule has 1 heterocycles. The highest BCUT2D eigenvalue weighted by atomic mass is 16.5. The maximum atomic E-state index is 12.4. The van der Waals surface area contributed by atoms with Crippen LogP contribution in [0.4, 0.5) is 0 Å². The Balaban J connectivity index is 1.66. The highest BCUT2D eigenvalue weighted by Gasteiger charge is 2.39. The van der Waals surface area contributed by atoms with E-state index in [2.05, 4.69) is 22.8 Å². The van der Waals surface area contributed by atoms with Crippen molar-refractivity contribution < 1.29 is 14.3 Å². The SMILES string of the molecule is COC1(C(=O)NCCCOC(C)c2ccccc2)CCNCC1. The van der Waals surface area contributed by atoms with Gasteiger partial charge in [-0.15, -0.1) is 0 Å². The highest BCUT2D eigenvalue weighted by molar-refractivity contribution is 5.85. The lowest BCUT2D eigenvalue weighted by molar-refractivity contribution is -0.146. The molecule has 2 N–H and O–H groups in total. The van der Waals surface area contributed by atoms with E-state index in [1.165, 1.54) is 5.56 Å². The molecular formula is C18H28N2O3. The Morgan fingerprint density at radius 3 is 2.65 bits per heavy atom. The Hall–Kier alpha value is -1.43. The van der Waals surface area contributed by atoms with Crippen molar-refractivity contribution in [2.45, 2.75) is 37.9 Å². The van der Waals surface area contributed by atoms with Crippen LogP contribution in [0.3, 0.4) is 0 Å². The first-order valence-electron chi connectivity index (χ1n) is 8.39. The van der Waals surface area contributed by atoms with Gasteiger partial charge in [-0.1, -0.05) is 30.3 Å². The summed E-state index contributed by atoms with van der Waals surface area (Å²) >= 11 is 0. The number of rotatable bonds is 8. The number of carbonyl (C=O) groups is 1. The first kappa shape index (κ1) is 17.9. The summed E-state index contributed by atoms with van der Waals surface area (Å²) in [6, 6.07) is 10.1. The molecule has 1 amide bonds. The zero-order valence-electron chi connectivity index (χ0n) is 14.1. The molecule has 2 rings (SSSR count). The molecule has 1 saturated heterocycles. The number of ether oxygens (including phenoxy) is 2. The van der Waals surface area contributed by atoms with Crippen LogP contribution in [0.25, 0.3) is 0 Å². The van der Waals surface area contributed by atoms with E-state index in [4.69, 9.17) is 9.47 Å². The molecule has 1 aliphatic heterocycles. The molecule has 1 aromatic rings. The van der Waals surface area contributed by atoms with Crippen LogP contribution in [0, 0.1) is 0 Å². The summed E-state index contributed by atoms with van der Waals surface area (Å²) in [7, 11) is 1.62. The van der Waals surface area contributed by atoms with Gasteiger partial charge in [0.2, 0.25) is 0 Å². The van der Waals surface area contributed by atoms with Gasteiger partial charge in [0.25, 0.3) is 5.91 Å². The van der Waals surface area contributed by atoms with Gasteiger partial charge in [0, 0.05) is 20.3 Å². The van der Waals surface area contributed by atoms with E-state index in [0.717, 1.165) is 32.4 Å². The zero-order chi connectivity index (χ0) is 16.5. The number of amides is 1. The molecule has 1 aromatic carbocycles. The van der Waals surface area contributed by atoms with Crippen molar-refractivity contribution in [1.82, 2.24) is 10.6 Å². The second kappa shape index (κ2) is 9.01. The van der Waals surface area contributed by atoms with E-state index >= 15 is 0 Å². The molecule has 1 unspecified atom stereocenters. The standard InChI is InChI=1S/C18H28N2O3/c1-15(16-7-4-3-5-8-16)23-14-6-11-20-17(21)18(22-2)9-12-19-13-10-18/h3-5,7-8,15,19H,6,9-14H2,1-2H3,(H,20,21). The maximum Gasteiger partial charge on any atom is 0.252 e. The number of methoxy groups -OCH3 is 1. The average Bonchev–Trinajstić information content (AvgIpc) is 2.62. The molecule has 23 heavy (non-hydrogen) atoms. The number of hydrogen-bond acceptors (Lipinski definition) is 4. The van der Waals surface area contributed by atoms with Gasteiger partial charge < -0.3 is 20.1 Å². The number of benzene rings is 1. The van der Waals surface area contributed by atoms with Crippen molar-refractivity contribution in [2.24, 2.45) is 0 Å². The molecule has 0 aromatic heterocycles. The normalized spacial score (nSPS) is 18.3. The molecule has 0 bridgehead atoms. The van der Waals surface area contributed by atoms with E-state index in [9.17, 15) is 4.79 Å². The fourth-order valence-corrected chi connectivity index (χ4v) is 2.87. The molecule has 1 aliphatic rings. The Bertz CT molecular complexity index is 472. The van der Waals surface area contributed by atoms with Crippen molar-refractivity contribution in [3.63, 3.8) is 0 Å². The van der Waals surface area contributed by atoms with E-state index < -0.39 is 5.60 Å². The summed E-state index contributed by atoms with van der Waals surface area (Å²) in [4.78, 5) is 12.4. The van der Waals surface area contributed by atoms with E-state index in [-0.39, 0.29) is 12.0 Å². The summed E-state index contributed by atoms with van der Waals surface area (Å²) in [6.07, 6.45) is 2.30. The van der Waals surface area contributed by atoms with Crippen LogP contribution in [0.1, 0.15) is 37.9 Å². The average molecular weight is 320 g/mol. The fraction of sp³-hybridized carbons (Fsp3) is 0.611. The fourth-order valence-electron chi connectivity index (χ4n) is 2.87. The van der Waals surface area contributed by atoms with Gasteiger partial charge in [-0.25, -0.2) is 0 Å². The minimum atomic E-state index is -0.663. The third-order valence-electron chi connectivity index (χ3n) is 4.46. The lowest BCUT2D eigenvalue weighted by atomic mass is 9.91. The van der Waals surface area contributed by atoms with Crippen LogP contribution in [0.5, 0.6) is 0 Å². The van der Waals surface area contributed by atoms with Crippen LogP contribution >= 0.6 is 0 Å². The van der Waals surface area contributed by atoms with E-state index in [1.54, 1.807) is 7.11 Å². The highest BCUT2D eigenvalue weighted by Crippen LogP contribution is 2.22. The van der Waals surface area contributed by atoms with Gasteiger partial charge in [0.15, 0.2) is 0 Å². The number of hydrogen-bond donors (Lipinski definition) is 2. The molecular weight excluding hydrogens is 292 g/mol. The first-order valence-corrected chi connectivity index (χ1v) is 8.39. The first-order chi connectivity index (χ1) is 11.2. The molecule has 0 aliphatic carbocycles. The predicted octanol–water partition coefficient (Wildman–Crippen LogP) is 2.04. The maximum absolute atomic E-state index is 12.4. The predicted molar refractivity (Wildman–Crippen MR) is 90.3 cm³/mol. The Morgan fingerprint density at radius 1 is 1.30 bits per heavy atom. The largest absolute Gasteiger partial charge is 0.374 e. The lowest BCUT2D eigenvalue weighted by Crippen LogP contribution is -2.54. The van der Waals surface area contributed by atoms with Crippen molar-refractivity contribution in [3.05, 3.63) is 35.9 Å². The van der Waals surface area contributed by atoms with Crippen molar-refractivity contribution in [2.75, 3.05) is 33.4 Å². The molecule has 0 radical (unpaired) electrons. The monoisotopic (exact) mass is 320 g/mol. The summed E-state index contributed by atoms with van der Waals surface area (Å²) in [5.74, 6) is -0.00221. The van der Waals surface area contributed by atoms with Gasteiger partial charge in [0.05, 0.1) is 6.10 Å². The Morgan fingerprint density at radius 2 is 2.00 bits per heavy atom. The molecule has 128 valence electrons. The van der Waals surface area contributed by atoms with Crippen LogP contribution < -0.4 is 10.6 Å². The molecule has 1 fully saturated rings. The van der Waals surface area contributed by atoms with Gasteiger partial charge in [-0.05, 0) is 44.8 Å². The van der Waals surface area contributed by atoms with Gasteiger partial charge in [-0.3, -0.25) is 4.79 Å². The van der Waals surface area contributed by atoms with Crippen LogP contribution in [-0.2, 0) is 14.3 Å². The Kier molecular flexibility index (Phi) is 7.02. The Labute approximate surface area is 138 Å². The summed E-state index contributed by atoms with van der Waals surface area (Å²) in [6.45, 7) is 4.91.